The van der Waals surface area contributed by atoms with E-state index in [-0.39, 0.29) is 42.3 Å². The van der Waals surface area contributed by atoms with Gasteiger partial charge in [0.25, 0.3) is 17.7 Å². The fourth-order valence-electron chi connectivity index (χ4n) is 3.61. The van der Waals surface area contributed by atoms with Gasteiger partial charge in [0.1, 0.15) is 5.75 Å². The molecule has 3 amide bonds. The van der Waals surface area contributed by atoms with Gasteiger partial charge in [0.05, 0.1) is 17.9 Å². The van der Waals surface area contributed by atoms with Crippen molar-refractivity contribution in [1.82, 2.24) is 6.15 Å². The summed E-state index contributed by atoms with van der Waals surface area (Å²) in [6, 6.07) is 2.37. The Balaban J connectivity index is 0.00000210. The molecule has 1 aliphatic carbocycles. The number of hydrogen-bond acceptors (Lipinski definition) is 5. The highest BCUT2D eigenvalue weighted by atomic mass is 19.1. The molecule has 3 N–H and O–H groups in total. The highest BCUT2D eigenvalue weighted by molar-refractivity contribution is 6.33. The number of hydrogen-bond donors (Lipinski definition) is 1. The summed E-state index contributed by atoms with van der Waals surface area (Å²) in [6.07, 6.45) is 8.01. The van der Waals surface area contributed by atoms with Gasteiger partial charge >= 0.3 is 0 Å². The standard InChI is InChI=1S/C19H15FN2O4.H3N/c1-2-7-21-15-9-14(13(20)8-16(15)26-10-17(21)23)22-18(24)11-5-3-4-6-12(11)19(22)25;/h1,8-9H,3-7,10H2;1H3. The minimum absolute atomic E-state index is 0. The zero-order chi connectivity index (χ0) is 18.4. The lowest BCUT2D eigenvalue weighted by Crippen LogP contribution is -2.39. The highest BCUT2D eigenvalue weighted by Crippen LogP contribution is 2.41. The summed E-state index contributed by atoms with van der Waals surface area (Å²) in [4.78, 5) is 39.5. The number of ether oxygens (including phenoxy) is 1. The van der Waals surface area contributed by atoms with Crippen LogP contribution in [0, 0.1) is 18.2 Å². The van der Waals surface area contributed by atoms with Crippen molar-refractivity contribution in [1.29, 1.82) is 0 Å². The van der Waals surface area contributed by atoms with Gasteiger partial charge in [0.2, 0.25) is 0 Å². The predicted molar refractivity (Wildman–Crippen MR) is 96.1 cm³/mol. The van der Waals surface area contributed by atoms with E-state index in [1.165, 1.54) is 11.0 Å². The first kappa shape index (κ1) is 18.6. The van der Waals surface area contributed by atoms with Crippen LogP contribution in [0.2, 0.25) is 0 Å². The summed E-state index contributed by atoms with van der Waals surface area (Å²) in [5, 5.41) is 0. The van der Waals surface area contributed by atoms with Crippen LogP contribution in [0.1, 0.15) is 25.7 Å². The Labute approximate surface area is 155 Å². The molecule has 8 heteroatoms. The normalized spacial score (nSPS) is 18.6. The van der Waals surface area contributed by atoms with Crippen molar-refractivity contribution in [2.24, 2.45) is 0 Å². The molecule has 0 fully saturated rings. The van der Waals surface area contributed by atoms with Crippen molar-refractivity contribution in [2.75, 3.05) is 23.0 Å². The minimum Gasteiger partial charge on any atom is -0.481 e. The van der Waals surface area contributed by atoms with Crippen LogP contribution < -0.4 is 20.7 Å². The molecule has 1 aromatic carbocycles. The molecule has 2 aliphatic heterocycles. The van der Waals surface area contributed by atoms with Crippen molar-refractivity contribution in [3.63, 3.8) is 0 Å². The molecular weight excluding hydrogens is 353 g/mol. The summed E-state index contributed by atoms with van der Waals surface area (Å²) in [7, 11) is 0. The Morgan fingerprint density at radius 2 is 1.70 bits per heavy atom. The maximum Gasteiger partial charge on any atom is 0.265 e. The van der Waals surface area contributed by atoms with E-state index in [2.05, 4.69) is 5.92 Å². The van der Waals surface area contributed by atoms with Gasteiger partial charge in [0.15, 0.2) is 12.4 Å². The first-order chi connectivity index (χ1) is 12.5. The van der Waals surface area contributed by atoms with Gasteiger partial charge in [-0.05, 0) is 31.7 Å². The van der Waals surface area contributed by atoms with Crippen LogP contribution in [-0.2, 0) is 14.4 Å². The lowest BCUT2D eigenvalue weighted by atomic mass is 9.93. The lowest BCUT2D eigenvalue weighted by Gasteiger charge is -2.29. The van der Waals surface area contributed by atoms with Gasteiger partial charge < -0.3 is 10.9 Å². The largest absolute Gasteiger partial charge is 0.481 e. The summed E-state index contributed by atoms with van der Waals surface area (Å²) in [6.45, 7) is -0.262. The summed E-state index contributed by atoms with van der Waals surface area (Å²) in [5.74, 6) is 0.406. The maximum atomic E-state index is 14.7. The molecule has 0 saturated carbocycles. The number of rotatable bonds is 2. The summed E-state index contributed by atoms with van der Waals surface area (Å²) in [5.41, 5.74) is 0.992. The molecule has 27 heavy (non-hydrogen) atoms. The van der Waals surface area contributed by atoms with Crippen molar-refractivity contribution < 1.29 is 23.5 Å². The van der Waals surface area contributed by atoms with E-state index in [1.54, 1.807) is 0 Å². The quantitative estimate of drug-likeness (QED) is 0.633. The van der Waals surface area contributed by atoms with Gasteiger partial charge in [-0.2, -0.15) is 0 Å². The number of anilines is 2. The second kappa shape index (κ2) is 6.85. The zero-order valence-corrected chi connectivity index (χ0v) is 14.6. The third-order valence-corrected chi connectivity index (χ3v) is 4.85. The zero-order valence-electron chi connectivity index (χ0n) is 14.6. The molecule has 0 unspecified atom stereocenters. The number of fused-ring (bicyclic) bond motifs is 1. The second-order valence-electron chi connectivity index (χ2n) is 6.35. The monoisotopic (exact) mass is 371 g/mol. The maximum absolute atomic E-state index is 14.7. The van der Waals surface area contributed by atoms with Crippen molar-refractivity contribution >= 4 is 29.1 Å². The Hall–Kier alpha value is -3.18. The van der Waals surface area contributed by atoms with E-state index in [0.29, 0.717) is 24.0 Å². The van der Waals surface area contributed by atoms with Crippen LogP contribution in [-0.4, -0.2) is 30.9 Å². The molecule has 3 aliphatic rings. The molecule has 4 rings (SSSR count). The minimum atomic E-state index is -0.764. The Morgan fingerprint density at radius 3 is 2.30 bits per heavy atom. The van der Waals surface area contributed by atoms with Crippen LogP contribution in [0.15, 0.2) is 23.3 Å². The topological polar surface area (TPSA) is 102 Å². The number of nitrogens with zero attached hydrogens (tertiary/aromatic N) is 2. The number of amides is 3. The van der Waals surface area contributed by atoms with Crippen LogP contribution in [0.4, 0.5) is 15.8 Å². The Morgan fingerprint density at radius 1 is 1.07 bits per heavy atom. The van der Waals surface area contributed by atoms with Crippen molar-refractivity contribution in [3.8, 4) is 18.1 Å². The second-order valence-corrected chi connectivity index (χ2v) is 6.35. The third-order valence-electron chi connectivity index (χ3n) is 4.85. The van der Waals surface area contributed by atoms with Gasteiger partial charge in [-0.3, -0.25) is 19.3 Å². The first-order valence-electron chi connectivity index (χ1n) is 8.34. The molecule has 0 bridgehead atoms. The third kappa shape index (κ3) is 2.76. The molecule has 0 saturated heterocycles. The molecule has 0 aromatic heterocycles. The van der Waals surface area contributed by atoms with Crippen LogP contribution in [0.3, 0.4) is 0 Å². The van der Waals surface area contributed by atoms with E-state index >= 15 is 0 Å². The number of terminal acetylenes is 1. The fourth-order valence-corrected chi connectivity index (χ4v) is 3.61. The van der Waals surface area contributed by atoms with Gasteiger partial charge in [-0.1, -0.05) is 5.92 Å². The van der Waals surface area contributed by atoms with Crippen molar-refractivity contribution in [3.05, 3.63) is 29.1 Å². The fraction of sp³-hybridized carbons (Fsp3) is 0.316. The van der Waals surface area contributed by atoms with E-state index in [0.717, 1.165) is 23.8 Å². The van der Waals surface area contributed by atoms with Crippen LogP contribution in [0.25, 0.3) is 0 Å². The van der Waals surface area contributed by atoms with Gasteiger partial charge in [-0.15, -0.1) is 6.42 Å². The van der Waals surface area contributed by atoms with Gasteiger partial charge in [0, 0.05) is 17.2 Å². The van der Waals surface area contributed by atoms with Gasteiger partial charge in [-0.25, -0.2) is 9.29 Å². The molecule has 0 spiro atoms. The Kier molecular flexibility index (Phi) is 4.72. The summed E-state index contributed by atoms with van der Waals surface area (Å²) >= 11 is 0. The van der Waals surface area contributed by atoms with E-state index in [9.17, 15) is 18.8 Å². The van der Waals surface area contributed by atoms with E-state index in [1.807, 2.05) is 0 Å². The lowest BCUT2D eigenvalue weighted by molar-refractivity contribution is -0.121. The molecule has 2 heterocycles. The molecule has 7 nitrogen and oxygen atoms in total. The SMILES string of the molecule is C#CCN1C(=O)COc2cc(F)c(N3C(=O)C4=C(CCCC4)C3=O)cc21.N. The average Bonchev–Trinajstić information content (AvgIpc) is 2.89. The van der Waals surface area contributed by atoms with E-state index in [4.69, 9.17) is 11.2 Å². The van der Waals surface area contributed by atoms with E-state index < -0.39 is 17.6 Å². The number of carbonyl (C=O) groups excluding carboxylic acids is 3. The summed E-state index contributed by atoms with van der Waals surface area (Å²) < 4.78 is 19.9. The first-order valence-corrected chi connectivity index (χ1v) is 8.34. The number of halogens is 1. The van der Waals surface area contributed by atoms with Crippen LogP contribution >= 0.6 is 0 Å². The molecular formula is C19H18FN3O4. The predicted octanol–water partition coefficient (Wildman–Crippen LogP) is 2.09. The highest BCUT2D eigenvalue weighted by Gasteiger charge is 2.41. The molecule has 1 aromatic rings. The number of benzene rings is 1. The smallest absolute Gasteiger partial charge is 0.265 e. The molecule has 0 radical (unpaired) electrons. The Bertz CT molecular complexity index is 904. The van der Waals surface area contributed by atoms with Crippen LogP contribution in [0.5, 0.6) is 5.75 Å². The number of carbonyl (C=O) groups is 3. The molecule has 140 valence electrons. The average molecular weight is 371 g/mol. The number of imide groups is 1. The molecule has 0 atom stereocenters. The van der Waals surface area contributed by atoms with Crippen molar-refractivity contribution in [2.45, 2.75) is 25.7 Å².